The van der Waals surface area contributed by atoms with Gasteiger partial charge in [-0.05, 0) is 40.0 Å². The van der Waals surface area contributed by atoms with Gasteiger partial charge in [-0.3, -0.25) is 4.79 Å². The Labute approximate surface area is 90.1 Å². The summed E-state index contributed by atoms with van der Waals surface area (Å²) < 4.78 is 0.679. The Morgan fingerprint density at radius 2 is 2.29 bits per heavy atom. The predicted octanol–water partition coefficient (Wildman–Crippen LogP) is 2.26. The maximum Gasteiger partial charge on any atom is 0.307 e. The molecular formula is C10H8BrNO2. The topological polar surface area (TPSA) is 61.1 Å². The van der Waals surface area contributed by atoms with E-state index in [0.717, 1.165) is 11.1 Å². The first-order chi connectivity index (χ1) is 6.56. The number of aliphatic carboxylic acids is 1. The van der Waals surface area contributed by atoms with Gasteiger partial charge in [-0.1, -0.05) is 6.07 Å². The molecule has 0 aromatic heterocycles. The van der Waals surface area contributed by atoms with Gasteiger partial charge in [-0.15, -0.1) is 0 Å². The van der Waals surface area contributed by atoms with Gasteiger partial charge >= 0.3 is 5.97 Å². The van der Waals surface area contributed by atoms with Crippen molar-refractivity contribution in [1.82, 2.24) is 0 Å². The summed E-state index contributed by atoms with van der Waals surface area (Å²) in [6, 6.07) is 5.32. The second kappa shape index (κ2) is 4.25. The number of carboxylic acid groups (broad SMARTS) is 1. The molecule has 0 atom stereocenters. The highest BCUT2D eigenvalue weighted by Crippen LogP contribution is 2.24. The molecule has 0 heterocycles. The molecule has 0 fully saturated rings. The quantitative estimate of drug-likeness (QED) is 0.880. The second-order valence-corrected chi connectivity index (χ2v) is 3.69. The minimum absolute atomic E-state index is 0.0177. The van der Waals surface area contributed by atoms with Gasteiger partial charge < -0.3 is 5.11 Å². The first-order valence-corrected chi connectivity index (χ1v) is 4.75. The molecule has 4 heteroatoms. The van der Waals surface area contributed by atoms with Crippen LogP contribution in [0.1, 0.15) is 16.7 Å². The van der Waals surface area contributed by atoms with E-state index in [1.54, 1.807) is 19.1 Å². The molecule has 1 N–H and O–H groups in total. The largest absolute Gasteiger partial charge is 0.481 e. The molecule has 0 radical (unpaired) electrons. The first kappa shape index (κ1) is 10.7. The summed E-state index contributed by atoms with van der Waals surface area (Å²) in [7, 11) is 0. The van der Waals surface area contributed by atoms with Crippen LogP contribution in [0, 0.1) is 18.3 Å². The number of benzene rings is 1. The van der Waals surface area contributed by atoms with Crippen molar-refractivity contribution in [3.63, 3.8) is 0 Å². The molecule has 1 aromatic carbocycles. The summed E-state index contributed by atoms with van der Waals surface area (Å²) in [5.41, 5.74) is 2.06. The third-order valence-corrected chi connectivity index (χ3v) is 2.98. The van der Waals surface area contributed by atoms with E-state index in [1.807, 2.05) is 6.07 Å². The van der Waals surface area contributed by atoms with Gasteiger partial charge in [0, 0.05) is 4.47 Å². The van der Waals surface area contributed by atoms with E-state index in [9.17, 15) is 4.79 Å². The standard InChI is InChI=1S/C10H8BrNO2/c1-6-7(4-9(13)14)2-3-8(5-12)10(6)11/h2-3H,4H2,1H3,(H,13,14). The van der Waals surface area contributed by atoms with Crippen LogP contribution in [0.15, 0.2) is 16.6 Å². The Bertz CT molecular complexity index is 421. The number of halogens is 1. The maximum absolute atomic E-state index is 10.5. The van der Waals surface area contributed by atoms with Crippen LogP contribution in [-0.2, 0) is 11.2 Å². The average molecular weight is 254 g/mol. The molecule has 0 bridgehead atoms. The summed E-state index contributed by atoms with van der Waals surface area (Å²) in [6.45, 7) is 1.79. The third-order valence-electron chi connectivity index (χ3n) is 1.96. The monoisotopic (exact) mass is 253 g/mol. The molecule has 0 aliphatic rings. The van der Waals surface area contributed by atoms with Crippen molar-refractivity contribution in [2.45, 2.75) is 13.3 Å². The molecule has 0 aliphatic heterocycles. The molecule has 0 saturated carbocycles. The minimum Gasteiger partial charge on any atom is -0.481 e. The SMILES string of the molecule is Cc1c(CC(=O)O)ccc(C#N)c1Br. The lowest BCUT2D eigenvalue weighted by Gasteiger charge is -2.06. The summed E-state index contributed by atoms with van der Waals surface area (Å²) in [4.78, 5) is 10.5. The molecule has 0 saturated heterocycles. The fourth-order valence-electron chi connectivity index (χ4n) is 1.17. The Hall–Kier alpha value is -1.34. The van der Waals surface area contributed by atoms with Gasteiger partial charge in [0.2, 0.25) is 0 Å². The smallest absolute Gasteiger partial charge is 0.307 e. The summed E-state index contributed by atoms with van der Waals surface area (Å²) in [5.74, 6) is -0.871. The van der Waals surface area contributed by atoms with Crippen LogP contribution in [0.25, 0.3) is 0 Å². The highest BCUT2D eigenvalue weighted by molar-refractivity contribution is 9.10. The zero-order valence-corrected chi connectivity index (χ0v) is 9.13. The van der Waals surface area contributed by atoms with Gasteiger partial charge in [0.25, 0.3) is 0 Å². The molecule has 0 aliphatic carbocycles. The van der Waals surface area contributed by atoms with Crippen LogP contribution in [-0.4, -0.2) is 11.1 Å². The van der Waals surface area contributed by atoms with Crippen molar-refractivity contribution >= 4 is 21.9 Å². The normalized spacial score (nSPS) is 9.50. The third kappa shape index (κ3) is 2.12. The fraction of sp³-hybridized carbons (Fsp3) is 0.200. The van der Waals surface area contributed by atoms with E-state index in [0.29, 0.717) is 10.0 Å². The summed E-state index contributed by atoms with van der Waals surface area (Å²) in [6.07, 6.45) is -0.0177. The molecule has 3 nitrogen and oxygen atoms in total. The van der Waals surface area contributed by atoms with Gasteiger partial charge in [-0.2, -0.15) is 5.26 Å². The Kier molecular flexibility index (Phi) is 3.26. The van der Waals surface area contributed by atoms with Gasteiger partial charge in [0.05, 0.1) is 12.0 Å². The lowest BCUT2D eigenvalue weighted by molar-refractivity contribution is -0.136. The molecule has 0 unspecified atom stereocenters. The van der Waals surface area contributed by atoms with Crippen molar-refractivity contribution in [1.29, 1.82) is 5.26 Å². The van der Waals surface area contributed by atoms with Crippen molar-refractivity contribution < 1.29 is 9.90 Å². The number of carboxylic acids is 1. The van der Waals surface area contributed by atoms with Gasteiger partial charge in [0.15, 0.2) is 0 Å². The summed E-state index contributed by atoms with van der Waals surface area (Å²) in [5, 5.41) is 17.3. The van der Waals surface area contributed by atoms with E-state index in [4.69, 9.17) is 10.4 Å². The molecule has 1 rings (SSSR count). The van der Waals surface area contributed by atoms with Crippen LogP contribution < -0.4 is 0 Å². The number of hydrogen-bond donors (Lipinski definition) is 1. The van der Waals surface area contributed by atoms with E-state index in [-0.39, 0.29) is 6.42 Å². The van der Waals surface area contributed by atoms with Crippen molar-refractivity contribution in [3.05, 3.63) is 33.3 Å². The highest BCUT2D eigenvalue weighted by Gasteiger charge is 2.09. The molecule has 0 spiro atoms. The predicted molar refractivity (Wildman–Crippen MR) is 54.9 cm³/mol. The van der Waals surface area contributed by atoms with Gasteiger partial charge in [-0.25, -0.2) is 0 Å². The zero-order valence-electron chi connectivity index (χ0n) is 7.54. The van der Waals surface area contributed by atoms with Crippen molar-refractivity contribution in [3.8, 4) is 6.07 Å². The molecule has 72 valence electrons. The van der Waals surface area contributed by atoms with E-state index in [1.165, 1.54) is 0 Å². The Morgan fingerprint density at radius 3 is 2.79 bits per heavy atom. The number of rotatable bonds is 2. The molecule has 0 amide bonds. The Balaban J connectivity index is 3.18. The lowest BCUT2D eigenvalue weighted by Crippen LogP contribution is -2.02. The number of carbonyl (C=O) groups is 1. The van der Waals surface area contributed by atoms with Crippen LogP contribution in [0.2, 0.25) is 0 Å². The second-order valence-electron chi connectivity index (χ2n) is 2.89. The summed E-state index contributed by atoms with van der Waals surface area (Å²) >= 11 is 3.27. The van der Waals surface area contributed by atoms with E-state index < -0.39 is 5.97 Å². The number of nitrogens with zero attached hydrogens (tertiary/aromatic N) is 1. The average Bonchev–Trinajstić information content (AvgIpc) is 2.13. The van der Waals surface area contributed by atoms with Crippen LogP contribution >= 0.6 is 15.9 Å². The highest BCUT2D eigenvalue weighted by atomic mass is 79.9. The molecule has 14 heavy (non-hydrogen) atoms. The molecule has 1 aromatic rings. The Morgan fingerprint density at radius 1 is 1.64 bits per heavy atom. The number of nitriles is 1. The number of hydrogen-bond acceptors (Lipinski definition) is 2. The van der Waals surface area contributed by atoms with Crippen LogP contribution in [0.3, 0.4) is 0 Å². The first-order valence-electron chi connectivity index (χ1n) is 3.96. The lowest BCUT2D eigenvalue weighted by atomic mass is 10.0. The maximum atomic E-state index is 10.5. The van der Waals surface area contributed by atoms with Crippen molar-refractivity contribution in [2.75, 3.05) is 0 Å². The minimum atomic E-state index is -0.871. The zero-order chi connectivity index (χ0) is 10.7. The fourth-order valence-corrected chi connectivity index (χ4v) is 1.64. The van der Waals surface area contributed by atoms with E-state index in [2.05, 4.69) is 15.9 Å². The van der Waals surface area contributed by atoms with Crippen LogP contribution in [0.5, 0.6) is 0 Å². The molecular weight excluding hydrogens is 246 g/mol. The van der Waals surface area contributed by atoms with Crippen molar-refractivity contribution in [2.24, 2.45) is 0 Å². The van der Waals surface area contributed by atoms with E-state index >= 15 is 0 Å². The van der Waals surface area contributed by atoms with Crippen LogP contribution in [0.4, 0.5) is 0 Å². The van der Waals surface area contributed by atoms with Gasteiger partial charge in [0.1, 0.15) is 6.07 Å².